The molecule has 1 heterocycles. The van der Waals surface area contributed by atoms with Crippen LogP contribution in [0.25, 0.3) is 16.8 Å². The number of nitrogen functional groups attached to an aromatic ring is 1. The molecule has 0 radical (unpaired) electrons. The van der Waals surface area contributed by atoms with Gasteiger partial charge in [-0.1, -0.05) is 13.8 Å². The predicted molar refractivity (Wildman–Crippen MR) is 91.6 cm³/mol. The maximum absolute atomic E-state index is 11.0. The maximum atomic E-state index is 11.0. The highest BCUT2D eigenvalue weighted by Crippen LogP contribution is 2.47. The number of aromatic hydroxyl groups is 1. The first-order chi connectivity index (χ1) is 11.2. The van der Waals surface area contributed by atoms with Gasteiger partial charge in [0, 0.05) is 22.8 Å². The van der Waals surface area contributed by atoms with Crippen molar-refractivity contribution in [3.8, 4) is 17.0 Å². The van der Waals surface area contributed by atoms with Crippen LogP contribution in [-0.4, -0.2) is 26.2 Å². The summed E-state index contributed by atoms with van der Waals surface area (Å²) in [6, 6.07) is 3.36. The van der Waals surface area contributed by atoms with Crippen molar-refractivity contribution in [3.63, 3.8) is 0 Å². The van der Waals surface area contributed by atoms with Gasteiger partial charge >= 0.3 is 5.97 Å². The Morgan fingerprint density at radius 2 is 2.04 bits per heavy atom. The number of carboxylic acid groups (broad SMARTS) is 1. The summed E-state index contributed by atoms with van der Waals surface area (Å²) in [6.45, 7) is 5.76. The molecule has 6 heteroatoms. The quantitative estimate of drug-likeness (QED) is 0.732. The molecule has 2 aromatic rings. The lowest BCUT2D eigenvalue weighted by Gasteiger charge is -2.35. The van der Waals surface area contributed by atoms with Crippen LogP contribution in [0.5, 0.6) is 5.75 Å². The first kappa shape index (κ1) is 16.0. The molecule has 0 spiro atoms. The van der Waals surface area contributed by atoms with Crippen molar-refractivity contribution in [1.82, 2.24) is 9.97 Å². The molecule has 0 fully saturated rings. The van der Waals surface area contributed by atoms with Gasteiger partial charge in [0.1, 0.15) is 17.9 Å². The number of allylic oxidation sites excluding steroid dienone is 1. The van der Waals surface area contributed by atoms with Gasteiger partial charge in [-0.3, -0.25) is 0 Å². The van der Waals surface area contributed by atoms with Crippen LogP contribution >= 0.6 is 0 Å². The third-order valence-corrected chi connectivity index (χ3v) is 4.45. The van der Waals surface area contributed by atoms with Gasteiger partial charge in [0.25, 0.3) is 0 Å². The number of phenols is 1. The summed E-state index contributed by atoms with van der Waals surface area (Å²) in [5.41, 5.74) is 10.1. The number of anilines is 1. The summed E-state index contributed by atoms with van der Waals surface area (Å²) >= 11 is 0. The zero-order chi connectivity index (χ0) is 17.6. The number of carbonyl (C=O) groups is 1. The molecule has 4 N–H and O–H groups in total. The lowest BCUT2D eigenvalue weighted by atomic mass is 9.70. The molecular weight excluding hydrogens is 306 g/mol. The Balaban J connectivity index is 2.35. The summed E-state index contributed by atoms with van der Waals surface area (Å²) in [6.07, 6.45) is 3.12. The van der Waals surface area contributed by atoms with Crippen molar-refractivity contribution in [2.45, 2.75) is 32.6 Å². The zero-order valence-corrected chi connectivity index (χ0v) is 13.8. The maximum Gasteiger partial charge on any atom is 0.328 e. The molecule has 0 bridgehead atoms. The van der Waals surface area contributed by atoms with Crippen LogP contribution in [0.4, 0.5) is 5.82 Å². The second-order valence-corrected chi connectivity index (χ2v) is 6.69. The molecule has 24 heavy (non-hydrogen) atoms. The number of nitrogens with two attached hydrogens (primary N) is 1. The summed E-state index contributed by atoms with van der Waals surface area (Å²) < 4.78 is 0. The van der Waals surface area contributed by atoms with Crippen LogP contribution < -0.4 is 5.73 Å². The number of fused-ring (bicyclic) bond motifs is 3. The number of benzene rings is 1. The molecule has 0 saturated heterocycles. The van der Waals surface area contributed by atoms with Gasteiger partial charge in [-0.15, -0.1) is 0 Å². The standard InChI is InChI=1S/C18H19N3O3/c1-9(6-13(23)24)14-11-7-18(2,3)15-16(20-8-21-17(15)19)10(11)4-5-12(14)22/h4-6,8,22H,7H2,1-3H3,(H,23,24)(H2,19,20,21)/b9-6+. The molecule has 6 nitrogen and oxygen atoms in total. The molecular formula is C18H19N3O3. The second-order valence-electron chi connectivity index (χ2n) is 6.69. The SMILES string of the molecule is C/C(=C\C(=O)O)c1c(O)ccc2c1CC(C)(C)c1c(N)ncnc1-2. The number of nitrogens with zero attached hydrogens (tertiary/aromatic N) is 2. The number of phenolic OH excluding ortho intramolecular Hbond substituents is 1. The Morgan fingerprint density at radius 3 is 2.71 bits per heavy atom. The Bertz CT molecular complexity index is 885. The number of carboxylic acids is 1. The fourth-order valence-corrected chi connectivity index (χ4v) is 3.54. The first-order valence-corrected chi connectivity index (χ1v) is 7.60. The molecule has 3 rings (SSSR count). The molecule has 1 aliphatic rings. The molecule has 0 unspecified atom stereocenters. The van der Waals surface area contributed by atoms with Crippen LogP contribution in [-0.2, 0) is 16.6 Å². The highest BCUT2D eigenvalue weighted by Gasteiger charge is 2.36. The Labute approximate surface area is 139 Å². The van der Waals surface area contributed by atoms with Crippen molar-refractivity contribution in [1.29, 1.82) is 0 Å². The molecule has 1 aliphatic carbocycles. The smallest absolute Gasteiger partial charge is 0.328 e. The fourth-order valence-electron chi connectivity index (χ4n) is 3.54. The largest absolute Gasteiger partial charge is 0.507 e. The van der Waals surface area contributed by atoms with Crippen molar-refractivity contribution < 1.29 is 15.0 Å². The normalized spacial score (nSPS) is 15.5. The minimum absolute atomic E-state index is 0.0602. The molecule has 0 saturated carbocycles. The predicted octanol–water partition coefficient (Wildman–Crippen LogP) is 2.75. The lowest BCUT2D eigenvalue weighted by molar-refractivity contribution is -0.131. The number of aromatic nitrogens is 2. The topological polar surface area (TPSA) is 109 Å². The Morgan fingerprint density at radius 1 is 1.33 bits per heavy atom. The summed E-state index contributed by atoms with van der Waals surface area (Å²) in [5.74, 6) is -0.542. The van der Waals surface area contributed by atoms with Gasteiger partial charge in [-0.2, -0.15) is 0 Å². The molecule has 1 aromatic carbocycles. The molecule has 0 amide bonds. The van der Waals surface area contributed by atoms with E-state index in [0.717, 1.165) is 28.5 Å². The van der Waals surface area contributed by atoms with Gasteiger partial charge < -0.3 is 15.9 Å². The molecule has 0 aliphatic heterocycles. The minimum atomic E-state index is -1.05. The van der Waals surface area contributed by atoms with Gasteiger partial charge in [0.05, 0.1) is 5.69 Å². The van der Waals surface area contributed by atoms with E-state index in [1.807, 2.05) is 13.8 Å². The van der Waals surface area contributed by atoms with Crippen LogP contribution in [0.1, 0.15) is 37.5 Å². The van der Waals surface area contributed by atoms with E-state index in [1.54, 1.807) is 19.1 Å². The zero-order valence-electron chi connectivity index (χ0n) is 13.8. The Hall–Kier alpha value is -2.89. The van der Waals surface area contributed by atoms with E-state index in [-0.39, 0.29) is 11.2 Å². The van der Waals surface area contributed by atoms with Crippen LogP contribution in [0.3, 0.4) is 0 Å². The van der Waals surface area contributed by atoms with Crippen molar-refractivity contribution in [3.05, 3.63) is 41.2 Å². The summed E-state index contributed by atoms with van der Waals surface area (Å²) in [5, 5.41) is 19.4. The van der Waals surface area contributed by atoms with E-state index in [1.165, 1.54) is 6.33 Å². The van der Waals surface area contributed by atoms with E-state index >= 15 is 0 Å². The third-order valence-electron chi connectivity index (χ3n) is 4.45. The third kappa shape index (κ3) is 2.40. The van der Waals surface area contributed by atoms with Crippen molar-refractivity contribution in [2.75, 3.05) is 5.73 Å². The van der Waals surface area contributed by atoms with Gasteiger partial charge in [0.15, 0.2) is 0 Å². The molecule has 0 atom stereocenters. The van der Waals surface area contributed by atoms with Crippen molar-refractivity contribution >= 4 is 17.4 Å². The van der Waals surface area contributed by atoms with Gasteiger partial charge in [-0.25, -0.2) is 14.8 Å². The molecule has 124 valence electrons. The van der Waals surface area contributed by atoms with E-state index in [0.29, 0.717) is 23.4 Å². The average Bonchev–Trinajstić information content (AvgIpc) is 2.45. The molecule has 1 aromatic heterocycles. The highest BCUT2D eigenvalue weighted by atomic mass is 16.4. The summed E-state index contributed by atoms with van der Waals surface area (Å²) in [4.78, 5) is 19.5. The highest BCUT2D eigenvalue weighted by molar-refractivity contribution is 5.93. The number of rotatable bonds is 2. The Kier molecular flexibility index (Phi) is 3.55. The van der Waals surface area contributed by atoms with Crippen LogP contribution in [0.2, 0.25) is 0 Å². The minimum Gasteiger partial charge on any atom is -0.507 e. The fraction of sp³-hybridized carbons (Fsp3) is 0.278. The van der Waals surface area contributed by atoms with E-state index in [2.05, 4.69) is 9.97 Å². The second kappa shape index (κ2) is 5.33. The number of hydrogen-bond donors (Lipinski definition) is 3. The van der Waals surface area contributed by atoms with E-state index in [9.17, 15) is 9.90 Å². The van der Waals surface area contributed by atoms with Gasteiger partial charge in [0.2, 0.25) is 0 Å². The first-order valence-electron chi connectivity index (χ1n) is 7.60. The van der Waals surface area contributed by atoms with Gasteiger partial charge in [-0.05, 0) is 42.0 Å². The lowest BCUT2D eigenvalue weighted by Crippen LogP contribution is -2.29. The monoisotopic (exact) mass is 325 g/mol. The number of hydrogen-bond acceptors (Lipinski definition) is 5. The average molecular weight is 325 g/mol. The van der Waals surface area contributed by atoms with Crippen LogP contribution in [0, 0.1) is 0 Å². The number of aliphatic carboxylic acids is 1. The van der Waals surface area contributed by atoms with E-state index in [4.69, 9.17) is 10.8 Å². The summed E-state index contributed by atoms with van der Waals surface area (Å²) in [7, 11) is 0. The van der Waals surface area contributed by atoms with Crippen molar-refractivity contribution in [2.24, 2.45) is 0 Å². The van der Waals surface area contributed by atoms with Crippen LogP contribution in [0.15, 0.2) is 24.5 Å². The van der Waals surface area contributed by atoms with E-state index < -0.39 is 5.97 Å².